The fourth-order valence-electron chi connectivity index (χ4n) is 6.64. The lowest BCUT2D eigenvalue weighted by Gasteiger charge is -2.29. The minimum atomic E-state index is -0.690. The van der Waals surface area contributed by atoms with Crippen molar-refractivity contribution in [3.63, 3.8) is 0 Å². The Labute approximate surface area is 309 Å². The van der Waals surface area contributed by atoms with Crippen molar-refractivity contribution in [2.75, 3.05) is 39.6 Å². The van der Waals surface area contributed by atoms with Gasteiger partial charge in [0.1, 0.15) is 23.3 Å². The Balaban J connectivity index is 0.966. The highest BCUT2D eigenvalue weighted by Gasteiger charge is 2.25. The smallest absolute Gasteiger partial charge is 0.183 e. The first-order valence-corrected chi connectivity index (χ1v) is 18.2. The molecule has 6 rings (SSSR count). The van der Waals surface area contributed by atoms with Crippen LogP contribution in [0.3, 0.4) is 0 Å². The number of hydrogen-bond donors (Lipinski definition) is 0. The second kappa shape index (κ2) is 18.8. The summed E-state index contributed by atoms with van der Waals surface area (Å²) in [6.07, 6.45) is 6.51. The van der Waals surface area contributed by atoms with Crippen molar-refractivity contribution in [3.05, 3.63) is 144 Å². The van der Waals surface area contributed by atoms with Gasteiger partial charge in [0.05, 0.1) is 39.6 Å². The largest absolute Gasteiger partial charge is 0.381 e. The Bertz CT molecular complexity index is 1630. The van der Waals surface area contributed by atoms with Gasteiger partial charge in [-0.05, 0) is 72.2 Å². The molecule has 280 valence electrons. The van der Waals surface area contributed by atoms with Gasteiger partial charge >= 0.3 is 0 Å². The fraction of sp³-hybridized carbons (Fsp3) is 0.364. The van der Waals surface area contributed by atoms with Crippen molar-refractivity contribution in [2.24, 2.45) is 11.8 Å². The van der Waals surface area contributed by atoms with Crippen molar-refractivity contribution in [2.45, 2.75) is 51.1 Å². The van der Waals surface area contributed by atoms with E-state index in [1.54, 1.807) is 24.3 Å². The highest BCUT2D eigenvalue weighted by atomic mass is 19.1. The number of rotatable bonds is 16. The number of hydrogen-bond acceptors (Lipinski definition) is 5. The molecule has 2 fully saturated rings. The van der Waals surface area contributed by atoms with Crippen LogP contribution in [0.1, 0.15) is 60.5 Å². The number of halogens is 4. The zero-order valence-corrected chi connectivity index (χ0v) is 29.8. The van der Waals surface area contributed by atoms with Crippen molar-refractivity contribution < 1.29 is 41.2 Å². The molecule has 5 nitrogen and oxygen atoms in total. The lowest BCUT2D eigenvalue weighted by Crippen LogP contribution is -2.26. The SMILES string of the molecule is C=CCCC1COC(c2ccc(-c3cc(F)c(CCOCCc4c(F)cc(-c5ccc(C6OCC(CCC=C)CO6)cc5)cc4F)c(F)c3)cc2)OC1. The second-order valence-corrected chi connectivity index (χ2v) is 13.7. The first-order chi connectivity index (χ1) is 25.8. The highest BCUT2D eigenvalue weighted by Crippen LogP contribution is 2.32. The third kappa shape index (κ3) is 10.1. The molecular weight excluding hydrogens is 684 g/mol. The van der Waals surface area contributed by atoms with E-state index in [-0.39, 0.29) is 37.2 Å². The molecule has 0 unspecified atom stereocenters. The molecule has 0 spiro atoms. The molecule has 0 atom stereocenters. The van der Waals surface area contributed by atoms with Gasteiger partial charge in [-0.25, -0.2) is 17.6 Å². The molecule has 4 aromatic rings. The minimum absolute atomic E-state index is 0.0186. The van der Waals surface area contributed by atoms with Gasteiger partial charge in [0, 0.05) is 46.9 Å². The minimum Gasteiger partial charge on any atom is -0.381 e. The first kappa shape index (κ1) is 38.6. The van der Waals surface area contributed by atoms with E-state index in [2.05, 4.69) is 13.2 Å². The third-order valence-electron chi connectivity index (χ3n) is 9.80. The average molecular weight is 731 g/mol. The number of allylic oxidation sites excluding steroid dienone is 2. The Morgan fingerprint density at radius 1 is 0.528 bits per heavy atom. The van der Waals surface area contributed by atoms with Gasteiger partial charge in [0.2, 0.25) is 0 Å². The van der Waals surface area contributed by atoms with Crippen molar-refractivity contribution in [3.8, 4) is 22.3 Å². The molecule has 2 aliphatic rings. The van der Waals surface area contributed by atoms with E-state index in [1.807, 2.05) is 36.4 Å². The molecule has 0 radical (unpaired) electrons. The van der Waals surface area contributed by atoms with Gasteiger partial charge in [0.15, 0.2) is 12.6 Å². The summed E-state index contributed by atoms with van der Waals surface area (Å²) in [4.78, 5) is 0. The molecule has 2 heterocycles. The van der Waals surface area contributed by atoms with Gasteiger partial charge in [-0.15, -0.1) is 13.2 Å². The maximum absolute atomic E-state index is 15.1. The summed E-state index contributed by atoms with van der Waals surface area (Å²) >= 11 is 0. The first-order valence-electron chi connectivity index (χ1n) is 18.2. The van der Waals surface area contributed by atoms with Crippen molar-refractivity contribution in [1.29, 1.82) is 0 Å². The van der Waals surface area contributed by atoms with Gasteiger partial charge in [-0.2, -0.15) is 0 Å². The predicted octanol–water partition coefficient (Wildman–Crippen LogP) is 10.6. The lowest BCUT2D eigenvalue weighted by atomic mass is 10.00. The topological polar surface area (TPSA) is 46.2 Å². The molecule has 0 aliphatic carbocycles. The van der Waals surface area contributed by atoms with Crippen LogP contribution in [0.2, 0.25) is 0 Å². The molecule has 0 aromatic heterocycles. The van der Waals surface area contributed by atoms with Crippen LogP contribution in [0, 0.1) is 35.1 Å². The van der Waals surface area contributed by atoms with E-state index in [0.29, 0.717) is 60.5 Å². The van der Waals surface area contributed by atoms with E-state index < -0.39 is 35.8 Å². The molecule has 53 heavy (non-hydrogen) atoms. The summed E-state index contributed by atoms with van der Waals surface area (Å²) in [5.41, 5.74) is 3.55. The summed E-state index contributed by atoms with van der Waals surface area (Å²) in [7, 11) is 0. The van der Waals surface area contributed by atoms with Crippen LogP contribution in [0.5, 0.6) is 0 Å². The van der Waals surface area contributed by atoms with Crippen LogP contribution in [0.25, 0.3) is 22.3 Å². The van der Waals surface area contributed by atoms with Crippen molar-refractivity contribution in [1.82, 2.24) is 0 Å². The van der Waals surface area contributed by atoms with Gasteiger partial charge in [-0.1, -0.05) is 60.7 Å². The zero-order valence-electron chi connectivity index (χ0n) is 29.8. The van der Waals surface area contributed by atoms with Crippen LogP contribution in [0.15, 0.2) is 98.1 Å². The summed E-state index contributed by atoms with van der Waals surface area (Å²) in [6.45, 7) is 9.88. The maximum Gasteiger partial charge on any atom is 0.183 e. The average Bonchev–Trinajstić information content (AvgIpc) is 3.18. The van der Waals surface area contributed by atoms with Gasteiger partial charge in [-0.3, -0.25) is 0 Å². The number of benzene rings is 4. The van der Waals surface area contributed by atoms with Crippen molar-refractivity contribution >= 4 is 0 Å². The molecule has 0 amide bonds. The molecule has 0 N–H and O–H groups in total. The predicted molar refractivity (Wildman–Crippen MR) is 197 cm³/mol. The van der Waals surface area contributed by atoms with Crippen LogP contribution < -0.4 is 0 Å². The Kier molecular flexibility index (Phi) is 13.7. The normalized spacial score (nSPS) is 20.3. The Morgan fingerprint density at radius 3 is 1.19 bits per heavy atom. The van der Waals surface area contributed by atoms with Gasteiger partial charge in [0.25, 0.3) is 0 Å². The molecule has 2 saturated heterocycles. The number of ether oxygens (including phenoxy) is 5. The van der Waals surface area contributed by atoms with Crippen LogP contribution in [-0.2, 0) is 36.5 Å². The van der Waals surface area contributed by atoms with E-state index in [0.717, 1.165) is 36.8 Å². The quantitative estimate of drug-likeness (QED) is 0.0653. The highest BCUT2D eigenvalue weighted by molar-refractivity contribution is 5.65. The van der Waals surface area contributed by atoms with E-state index >= 15 is 17.6 Å². The van der Waals surface area contributed by atoms with Gasteiger partial charge < -0.3 is 23.7 Å². The van der Waals surface area contributed by atoms with E-state index in [4.69, 9.17) is 23.7 Å². The molecule has 9 heteroatoms. The standard InChI is InChI=1S/C44H46F4O5/c1-3-5-7-29-25-50-43(51-26-29)33-13-9-31(10-14-33)35-21-39(45)37(40(46)22-35)17-19-49-20-18-38-41(47)23-36(24-42(38)48)32-11-15-34(16-12-32)44-52-27-30(28-53-44)8-6-4-2/h3-4,9-16,21-24,29-30,43-44H,1-2,5-8,17-20,25-28H2. The molecular formula is C44H46F4O5. The second-order valence-electron chi connectivity index (χ2n) is 13.7. The molecule has 0 bridgehead atoms. The summed E-state index contributed by atoms with van der Waals surface area (Å²) in [5.74, 6) is -2.10. The molecule has 4 aromatic carbocycles. The zero-order chi connectivity index (χ0) is 37.2. The van der Waals surface area contributed by atoms with Crippen LogP contribution in [0.4, 0.5) is 17.6 Å². The lowest BCUT2D eigenvalue weighted by molar-refractivity contribution is -0.206. The molecule has 2 aliphatic heterocycles. The third-order valence-corrected chi connectivity index (χ3v) is 9.80. The van der Waals surface area contributed by atoms with Crippen LogP contribution >= 0.6 is 0 Å². The summed E-state index contributed by atoms with van der Waals surface area (Å²) < 4.78 is 89.3. The monoisotopic (exact) mass is 730 g/mol. The Hall–Kier alpha value is -4.12. The Morgan fingerprint density at radius 2 is 0.868 bits per heavy atom. The fourth-order valence-corrected chi connectivity index (χ4v) is 6.64. The summed E-state index contributed by atoms with van der Waals surface area (Å²) in [6, 6.07) is 19.7. The molecule has 0 saturated carbocycles. The maximum atomic E-state index is 15.1. The van der Waals surface area contributed by atoms with E-state index in [1.165, 1.54) is 24.3 Å². The van der Waals surface area contributed by atoms with Crippen LogP contribution in [-0.4, -0.2) is 39.6 Å². The van der Waals surface area contributed by atoms with E-state index in [9.17, 15) is 0 Å². The summed E-state index contributed by atoms with van der Waals surface area (Å²) in [5, 5.41) is 0.